The van der Waals surface area contributed by atoms with E-state index >= 15 is 0 Å². The lowest BCUT2D eigenvalue weighted by atomic mass is 10.3. The van der Waals surface area contributed by atoms with E-state index in [1.807, 2.05) is 0 Å². The maximum Gasteiger partial charge on any atom is 0.404 e. The fourth-order valence-electron chi connectivity index (χ4n) is 1.09. The number of benzene rings is 1. The number of amides is 1. The number of rotatable bonds is 6. The van der Waals surface area contributed by atoms with E-state index in [0.717, 1.165) is 0 Å². The Labute approximate surface area is 97.3 Å². The summed E-state index contributed by atoms with van der Waals surface area (Å²) in [6, 6.07) is 5.73. The molecule has 0 aromatic heterocycles. The van der Waals surface area contributed by atoms with Gasteiger partial charge >= 0.3 is 6.09 Å². The lowest BCUT2D eigenvalue weighted by Crippen LogP contribution is -2.15. The number of hydrogen-bond acceptors (Lipinski definition) is 5. The summed E-state index contributed by atoms with van der Waals surface area (Å²) in [5.41, 5.74) is 4.77. The SMILES string of the molecule is NC(=O)OCCCOc1ccc([N+](=O)[O-])cc1. The summed E-state index contributed by atoms with van der Waals surface area (Å²) >= 11 is 0. The van der Waals surface area contributed by atoms with Gasteiger partial charge in [-0.1, -0.05) is 0 Å². The number of nitro benzene ring substituents is 1. The molecule has 17 heavy (non-hydrogen) atoms. The highest BCUT2D eigenvalue weighted by Crippen LogP contribution is 2.17. The zero-order valence-electron chi connectivity index (χ0n) is 9.00. The van der Waals surface area contributed by atoms with Crippen LogP contribution in [0.25, 0.3) is 0 Å². The van der Waals surface area contributed by atoms with Crippen LogP contribution in [0.5, 0.6) is 5.75 Å². The molecule has 0 heterocycles. The number of hydrogen-bond donors (Lipinski definition) is 1. The molecular weight excluding hydrogens is 228 g/mol. The minimum Gasteiger partial charge on any atom is -0.493 e. The molecule has 0 atom stereocenters. The van der Waals surface area contributed by atoms with Gasteiger partial charge in [0.15, 0.2) is 0 Å². The standard InChI is InChI=1S/C10H12N2O5/c11-10(13)17-7-1-6-16-9-4-2-8(3-5-9)12(14)15/h2-5H,1,6-7H2,(H2,11,13). The fourth-order valence-corrected chi connectivity index (χ4v) is 1.09. The van der Waals surface area contributed by atoms with Gasteiger partial charge in [-0.3, -0.25) is 10.1 Å². The van der Waals surface area contributed by atoms with Crippen molar-refractivity contribution in [3.05, 3.63) is 34.4 Å². The van der Waals surface area contributed by atoms with Crippen LogP contribution in [-0.2, 0) is 4.74 Å². The third-order valence-electron chi connectivity index (χ3n) is 1.85. The Balaban J connectivity index is 2.27. The Bertz CT molecular complexity index is 390. The zero-order chi connectivity index (χ0) is 12.7. The van der Waals surface area contributed by atoms with Gasteiger partial charge in [0, 0.05) is 18.6 Å². The van der Waals surface area contributed by atoms with Gasteiger partial charge in [-0.15, -0.1) is 0 Å². The smallest absolute Gasteiger partial charge is 0.404 e. The van der Waals surface area contributed by atoms with Gasteiger partial charge in [-0.25, -0.2) is 4.79 Å². The lowest BCUT2D eigenvalue weighted by molar-refractivity contribution is -0.384. The van der Waals surface area contributed by atoms with Gasteiger partial charge in [-0.2, -0.15) is 0 Å². The van der Waals surface area contributed by atoms with Crippen LogP contribution < -0.4 is 10.5 Å². The molecular formula is C10H12N2O5. The summed E-state index contributed by atoms with van der Waals surface area (Å²) in [7, 11) is 0. The highest BCUT2D eigenvalue weighted by atomic mass is 16.6. The van der Waals surface area contributed by atoms with Crippen molar-refractivity contribution in [3.63, 3.8) is 0 Å². The fraction of sp³-hybridized carbons (Fsp3) is 0.300. The van der Waals surface area contributed by atoms with E-state index in [4.69, 9.17) is 10.5 Å². The summed E-state index contributed by atoms with van der Waals surface area (Å²) in [5.74, 6) is 0.523. The molecule has 1 aromatic rings. The first-order chi connectivity index (χ1) is 8.09. The molecule has 0 spiro atoms. The minimum atomic E-state index is -0.819. The van der Waals surface area contributed by atoms with Crippen LogP contribution in [0.3, 0.4) is 0 Å². The number of nitro groups is 1. The number of nitrogens with two attached hydrogens (primary N) is 1. The second kappa shape index (κ2) is 6.31. The van der Waals surface area contributed by atoms with Crippen LogP contribution >= 0.6 is 0 Å². The van der Waals surface area contributed by atoms with E-state index in [9.17, 15) is 14.9 Å². The highest BCUT2D eigenvalue weighted by molar-refractivity contribution is 5.64. The van der Waals surface area contributed by atoms with Gasteiger partial charge in [0.1, 0.15) is 5.75 Å². The Hall–Kier alpha value is -2.31. The predicted molar refractivity (Wildman–Crippen MR) is 58.7 cm³/mol. The monoisotopic (exact) mass is 240 g/mol. The molecule has 92 valence electrons. The van der Waals surface area contributed by atoms with Crippen molar-refractivity contribution in [2.75, 3.05) is 13.2 Å². The van der Waals surface area contributed by atoms with Crippen LogP contribution in [0.4, 0.5) is 10.5 Å². The van der Waals surface area contributed by atoms with E-state index in [2.05, 4.69) is 4.74 Å². The molecule has 2 N–H and O–H groups in total. The van der Waals surface area contributed by atoms with Gasteiger partial charge in [0.2, 0.25) is 0 Å². The molecule has 0 aliphatic rings. The molecule has 0 saturated heterocycles. The molecule has 0 aliphatic carbocycles. The van der Waals surface area contributed by atoms with Crippen molar-refractivity contribution in [2.24, 2.45) is 5.73 Å². The molecule has 1 aromatic carbocycles. The number of nitrogens with zero attached hydrogens (tertiary/aromatic N) is 1. The molecule has 7 nitrogen and oxygen atoms in total. The van der Waals surface area contributed by atoms with E-state index in [1.54, 1.807) is 0 Å². The number of primary amides is 1. The molecule has 0 radical (unpaired) electrons. The summed E-state index contributed by atoms with van der Waals surface area (Å²) in [4.78, 5) is 20.1. The highest BCUT2D eigenvalue weighted by Gasteiger charge is 2.04. The lowest BCUT2D eigenvalue weighted by Gasteiger charge is -2.05. The van der Waals surface area contributed by atoms with E-state index in [0.29, 0.717) is 18.8 Å². The predicted octanol–water partition coefficient (Wildman–Crippen LogP) is 1.46. The first-order valence-electron chi connectivity index (χ1n) is 4.89. The number of carbonyl (C=O) groups excluding carboxylic acids is 1. The van der Waals surface area contributed by atoms with E-state index < -0.39 is 11.0 Å². The first kappa shape index (κ1) is 12.8. The number of ether oxygens (including phenoxy) is 2. The van der Waals surface area contributed by atoms with E-state index in [1.165, 1.54) is 24.3 Å². The van der Waals surface area contributed by atoms with Crippen molar-refractivity contribution in [2.45, 2.75) is 6.42 Å². The van der Waals surface area contributed by atoms with Crippen molar-refractivity contribution in [1.29, 1.82) is 0 Å². The minimum absolute atomic E-state index is 0.00871. The third-order valence-corrected chi connectivity index (χ3v) is 1.85. The van der Waals surface area contributed by atoms with Gasteiger partial charge in [0.05, 0.1) is 18.1 Å². The Morgan fingerprint density at radius 3 is 2.47 bits per heavy atom. The van der Waals surface area contributed by atoms with Crippen LogP contribution in [0.2, 0.25) is 0 Å². The largest absolute Gasteiger partial charge is 0.493 e. The van der Waals surface area contributed by atoms with Crippen molar-refractivity contribution in [3.8, 4) is 5.75 Å². The zero-order valence-corrected chi connectivity index (χ0v) is 9.00. The second-order valence-corrected chi connectivity index (χ2v) is 3.12. The third kappa shape index (κ3) is 4.83. The Kier molecular flexibility index (Phi) is 4.74. The topological polar surface area (TPSA) is 105 Å². The normalized spacial score (nSPS) is 9.65. The molecule has 7 heteroatoms. The van der Waals surface area contributed by atoms with Gasteiger partial charge in [-0.05, 0) is 12.1 Å². The number of carbonyl (C=O) groups is 1. The van der Waals surface area contributed by atoms with Crippen molar-refractivity contribution < 1.29 is 19.2 Å². The van der Waals surface area contributed by atoms with Crippen LogP contribution in [0.1, 0.15) is 6.42 Å². The average Bonchev–Trinajstić information content (AvgIpc) is 2.29. The van der Waals surface area contributed by atoms with Crippen LogP contribution in [0.15, 0.2) is 24.3 Å². The number of non-ortho nitro benzene ring substituents is 1. The van der Waals surface area contributed by atoms with Gasteiger partial charge < -0.3 is 15.2 Å². The second-order valence-electron chi connectivity index (χ2n) is 3.12. The van der Waals surface area contributed by atoms with E-state index in [-0.39, 0.29) is 12.3 Å². The maximum absolute atomic E-state index is 10.4. The van der Waals surface area contributed by atoms with Crippen LogP contribution in [0, 0.1) is 10.1 Å². The Morgan fingerprint density at radius 1 is 1.29 bits per heavy atom. The summed E-state index contributed by atoms with van der Waals surface area (Å²) in [6.45, 7) is 0.521. The summed E-state index contributed by atoms with van der Waals surface area (Å²) in [6.07, 6.45) is -0.319. The average molecular weight is 240 g/mol. The van der Waals surface area contributed by atoms with Crippen LogP contribution in [-0.4, -0.2) is 24.2 Å². The molecule has 0 saturated carbocycles. The first-order valence-corrected chi connectivity index (χ1v) is 4.89. The maximum atomic E-state index is 10.4. The molecule has 0 aliphatic heterocycles. The van der Waals surface area contributed by atoms with Crippen molar-refractivity contribution in [1.82, 2.24) is 0 Å². The van der Waals surface area contributed by atoms with Crippen molar-refractivity contribution >= 4 is 11.8 Å². The molecule has 0 bridgehead atoms. The molecule has 1 rings (SSSR count). The molecule has 0 fully saturated rings. The van der Waals surface area contributed by atoms with Gasteiger partial charge in [0.25, 0.3) is 5.69 Å². The molecule has 1 amide bonds. The quantitative estimate of drug-likeness (QED) is 0.460. The Morgan fingerprint density at radius 2 is 1.94 bits per heavy atom. The molecule has 0 unspecified atom stereocenters. The summed E-state index contributed by atoms with van der Waals surface area (Å²) < 4.78 is 9.77. The summed E-state index contributed by atoms with van der Waals surface area (Å²) in [5, 5.41) is 10.4.